The van der Waals surface area contributed by atoms with Crippen LogP contribution in [0.5, 0.6) is 0 Å². The minimum Gasteiger partial charge on any atom is -0.481 e. The molecule has 4 saturated carbocycles. The molecule has 2 heterocycles. The van der Waals surface area contributed by atoms with Crippen molar-refractivity contribution in [3.63, 3.8) is 0 Å². The minimum absolute atomic E-state index is 0.112. The summed E-state index contributed by atoms with van der Waals surface area (Å²) in [5, 5.41) is 84.3. The van der Waals surface area contributed by atoms with E-state index in [4.69, 9.17) is 23.7 Å². The van der Waals surface area contributed by atoms with Gasteiger partial charge in [-0.05, 0) is 111 Å². The first-order valence-corrected chi connectivity index (χ1v) is 21.4. The van der Waals surface area contributed by atoms with Gasteiger partial charge in [0.2, 0.25) is 0 Å². The van der Waals surface area contributed by atoms with Crippen molar-refractivity contribution in [3.05, 3.63) is 11.6 Å². The van der Waals surface area contributed by atoms with E-state index in [2.05, 4.69) is 40.7 Å². The van der Waals surface area contributed by atoms with Gasteiger partial charge in [-0.25, -0.2) is 0 Å². The maximum Gasteiger partial charge on any atom is 0.311 e. The fraction of sp³-hybridized carbons (Fsp3) is 0.907. The normalized spacial score (nSPS) is 52.6. The lowest BCUT2D eigenvalue weighted by Gasteiger charge is -2.71. The molecule has 8 N–H and O–H groups in total. The van der Waals surface area contributed by atoms with Crippen LogP contribution in [0.3, 0.4) is 0 Å². The number of allylic oxidation sites excluding steroid dienone is 2. The lowest BCUT2D eigenvalue weighted by Crippen LogP contribution is -2.67. The number of ether oxygens (including phenoxy) is 5. The predicted octanol–water partition coefficient (Wildman–Crippen LogP) is 2.04. The third-order valence-electron chi connectivity index (χ3n) is 17.7. The Labute approximate surface area is 341 Å². The van der Waals surface area contributed by atoms with Crippen molar-refractivity contribution in [2.75, 3.05) is 20.3 Å². The molecule has 0 aromatic carbocycles. The average molecular weight is 825 g/mol. The van der Waals surface area contributed by atoms with Gasteiger partial charge < -0.3 is 64.5 Å². The van der Waals surface area contributed by atoms with Crippen LogP contribution in [0.25, 0.3) is 0 Å². The zero-order valence-electron chi connectivity index (χ0n) is 35.1. The Morgan fingerprint density at radius 2 is 1.36 bits per heavy atom. The molecule has 0 spiro atoms. The first-order valence-electron chi connectivity index (χ1n) is 21.4. The molecule has 2 aliphatic heterocycles. The van der Waals surface area contributed by atoms with E-state index >= 15 is 0 Å². The van der Waals surface area contributed by atoms with Crippen molar-refractivity contribution in [1.29, 1.82) is 0 Å². The molecule has 58 heavy (non-hydrogen) atoms. The number of carboxylic acids is 1. The van der Waals surface area contributed by atoms with Gasteiger partial charge in [0.25, 0.3) is 0 Å². The zero-order chi connectivity index (χ0) is 42.5. The number of aliphatic hydroxyl groups is 7. The van der Waals surface area contributed by atoms with Gasteiger partial charge in [-0.2, -0.15) is 0 Å². The fourth-order valence-electron chi connectivity index (χ4n) is 13.9. The lowest BCUT2D eigenvalue weighted by molar-refractivity contribution is -0.368. The Morgan fingerprint density at radius 1 is 0.741 bits per heavy atom. The first kappa shape index (κ1) is 44.3. The molecular formula is C43H68O15. The van der Waals surface area contributed by atoms with E-state index in [1.54, 1.807) is 0 Å². The van der Waals surface area contributed by atoms with Gasteiger partial charge in [0.1, 0.15) is 48.8 Å². The summed E-state index contributed by atoms with van der Waals surface area (Å²) >= 11 is 0. The highest BCUT2D eigenvalue weighted by molar-refractivity contribution is 5.80. The lowest BCUT2D eigenvalue weighted by atomic mass is 9.33. The average Bonchev–Trinajstić information content (AvgIpc) is 3.18. The van der Waals surface area contributed by atoms with Crippen molar-refractivity contribution in [3.8, 4) is 0 Å². The number of esters is 1. The van der Waals surface area contributed by atoms with Crippen LogP contribution in [-0.4, -0.2) is 141 Å². The van der Waals surface area contributed by atoms with E-state index in [1.807, 2.05) is 6.92 Å². The largest absolute Gasteiger partial charge is 0.481 e. The van der Waals surface area contributed by atoms with Crippen molar-refractivity contribution in [1.82, 2.24) is 0 Å². The number of aliphatic hydroxyl groups excluding tert-OH is 7. The fourth-order valence-corrected chi connectivity index (χ4v) is 13.9. The van der Waals surface area contributed by atoms with E-state index in [9.17, 15) is 50.4 Å². The van der Waals surface area contributed by atoms with Crippen LogP contribution < -0.4 is 0 Å². The Hall–Kier alpha value is -1.76. The van der Waals surface area contributed by atoms with Gasteiger partial charge in [0, 0.05) is 0 Å². The van der Waals surface area contributed by atoms with Crippen molar-refractivity contribution >= 4 is 11.9 Å². The highest BCUT2D eigenvalue weighted by atomic mass is 16.7. The number of methoxy groups -OCH3 is 1. The van der Waals surface area contributed by atoms with E-state index in [0.717, 1.165) is 32.1 Å². The van der Waals surface area contributed by atoms with Gasteiger partial charge in [0.05, 0.1) is 37.3 Å². The van der Waals surface area contributed by atoms with E-state index in [1.165, 1.54) is 12.7 Å². The minimum atomic E-state index is -1.76. The number of carboxylic acid groups (broad SMARTS) is 1. The van der Waals surface area contributed by atoms with Crippen LogP contribution in [0.2, 0.25) is 0 Å². The molecule has 5 aliphatic carbocycles. The summed E-state index contributed by atoms with van der Waals surface area (Å²) in [6.07, 6.45) is -6.44. The highest BCUT2D eigenvalue weighted by Gasteiger charge is 2.70. The Morgan fingerprint density at radius 3 is 2.00 bits per heavy atom. The van der Waals surface area contributed by atoms with Gasteiger partial charge in [-0.1, -0.05) is 46.3 Å². The molecule has 7 rings (SSSR count). The monoisotopic (exact) mass is 824 g/mol. The van der Waals surface area contributed by atoms with Gasteiger partial charge in [-0.15, -0.1) is 0 Å². The molecule has 2 saturated heterocycles. The number of rotatable bonds is 8. The van der Waals surface area contributed by atoms with Crippen LogP contribution in [0.4, 0.5) is 0 Å². The van der Waals surface area contributed by atoms with Crippen LogP contribution in [-0.2, 0) is 33.3 Å². The summed E-state index contributed by atoms with van der Waals surface area (Å²) in [4.78, 5) is 26.3. The van der Waals surface area contributed by atoms with Gasteiger partial charge >= 0.3 is 11.9 Å². The third kappa shape index (κ3) is 6.38. The molecule has 0 unspecified atom stereocenters. The smallest absolute Gasteiger partial charge is 0.311 e. The molecule has 6 fully saturated rings. The molecule has 0 amide bonds. The van der Waals surface area contributed by atoms with Gasteiger partial charge in [-0.3, -0.25) is 9.59 Å². The standard InChI is InChI=1S/C43H68O15/c1-38(2)25-10-13-42(6)26(9-8-21-22-18-39(3,37(53)54-7)14-16-43(22,36(51)52)17-15-41(21,42)5)40(25,4)12-11-27(38)57-34-32(50)30(48)33(24(20-45)56-34)58-35-31(49)29(47)28(46)23(19-44)55-35/h8,22-35,44-50H,9-20H2,1-7H3,(H,51,52)/t22-,23+,24+,25-,26+,27-,28+,29-,30+,31+,32+,33-,34-,35-,39-,40-,41+,42+,43-/m0/s1. The molecule has 0 radical (unpaired) electrons. The van der Waals surface area contributed by atoms with Crippen LogP contribution >= 0.6 is 0 Å². The number of hydrogen-bond donors (Lipinski definition) is 8. The number of fused-ring (bicyclic) bond motifs is 7. The van der Waals surface area contributed by atoms with E-state index in [0.29, 0.717) is 32.1 Å². The number of carbonyl (C=O) groups is 2. The van der Waals surface area contributed by atoms with E-state index < -0.39 is 103 Å². The second-order valence-corrected chi connectivity index (χ2v) is 20.6. The molecular weight excluding hydrogens is 756 g/mol. The zero-order valence-corrected chi connectivity index (χ0v) is 35.1. The molecule has 15 heteroatoms. The second kappa shape index (κ2) is 15.2. The number of carbonyl (C=O) groups excluding carboxylic acids is 1. The van der Waals surface area contributed by atoms with Crippen molar-refractivity contribution in [2.24, 2.45) is 50.2 Å². The van der Waals surface area contributed by atoms with Crippen LogP contribution in [0, 0.1) is 50.2 Å². The summed E-state index contributed by atoms with van der Waals surface area (Å²) < 4.78 is 29.1. The quantitative estimate of drug-likeness (QED) is 0.0993. The van der Waals surface area contributed by atoms with Gasteiger partial charge in [0.15, 0.2) is 12.6 Å². The van der Waals surface area contributed by atoms with Crippen molar-refractivity contribution in [2.45, 2.75) is 173 Å². The summed E-state index contributed by atoms with van der Waals surface area (Å²) in [7, 11) is 1.41. The number of aliphatic carboxylic acids is 1. The Kier molecular flexibility index (Phi) is 11.6. The Balaban J connectivity index is 1.10. The maximum atomic E-state index is 13.2. The molecule has 330 valence electrons. The topological polar surface area (TPSA) is 242 Å². The molecule has 0 bridgehead atoms. The third-order valence-corrected chi connectivity index (χ3v) is 17.7. The number of hydrogen-bond acceptors (Lipinski definition) is 14. The summed E-state index contributed by atoms with van der Waals surface area (Å²) in [5.41, 5.74) is -1.36. The molecule has 0 aromatic rings. The molecule has 7 aliphatic rings. The van der Waals surface area contributed by atoms with Crippen LogP contribution in [0.15, 0.2) is 11.6 Å². The summed E-state index contributed by atoms with van der Waals surface area (Å²) in [6.45, 7) is 12.1. The predicted molar refractivity (Wildman–Crippen MR) is 204 cm³/mol. The highest BCUT2D eigenvalue weighted by Crippen LogP contribution is 2.76. The Bertz CT molecular complexity index is 1600. The summed E-state index contributed by atoms with van der Waals surface area (Å²) in [6, 6.07) is 0. The first-order chi connectivity index (χ1) is 27.1. The van der Waals surface area contributed by atoms with Crippen molar-refractivity contribution < 1.29 is 74.1 Å². The molecule has 19 atom stereocenters. The molecule has 15 nitrogen and oxygen atoms in total. The summed E-state index contributed by atoms with van der Waals surface area (Å²) in [5.74, 6) is -0.805. The molecule has 0 aromatic heterocycles. The van der Waals surface area contributed by atoms with E-state index in [-0.39, 0.29) is 40.0 Å². The van der Waals surface area contributed by atoms with Crippen LogP contribution in [0.1, 0.15) is 106 Å². The SMILES string of the molecule is COC(=O)[C@@]1(C)CC[C@]2(C(=O)O)CC[C@]3(C)C(=CC[C@@H]4[C@@]5(C)CC[C@H](O[C@@H]6O[C@H](CO)[C@H](O[C@@H]7O[C@H](CO)[C@@H](O)[C@H](O)[C@H]7O)[C@H](O)[C@H]6O)C(C)(C)[C@@H]5CC[C@]43C)[C@@H]2C1. The maximum absolute atomic E-state index is 13.2. The second-order valence-electron chi connectivity index (χ2n) is 20.6.